The molecule has 1 aromatic heterocycles. The molecule has 0 atom stereocenters. The topological polar surface area (TPSA) is 67.2 Å². The monoisotopic (exact) mass is 285 g/mol. The van der Waals surface area contributed by atoms with Gasteiger partial charge >= 0.3 is 0 Å². The molecule has 2 heterocycles. The number of aryl methyl sites for hydroxylation is 1. The largest absolute Gasteiger partial charge is 0.441 e. The van der Waals surface area contributed by atoms with E-state index in [1.54, 1.807) is 6.20 Å². The number of oxazole rings is 1. The Labute approximate surface area is 123 Å². The lowest BCUT2D eigenvalue weighted by Crippen LogP contribution is -2.48. The van der Waals surface area contributed by atoms with E-state index in [-0.39, 0.29) is 5.91 Å². The third-order valence-corrected chi connectivity index (χ3v) is 3.63. The van der Waals surface area contributed by atoms with Gasteiger partial charge in [0.05, 0.1) is 6.20 Å². The summed E-state index contributed by atoms with van der Waals surface area (Å²) in [6.07, 6.45) is 2.65. The van der Waals surface area contributed by atoms with E-state index in [2.05, 4.69) is 15.6 Å². The number of rotatable bonds is 6. The second-order valence-electron chi connectivity index (χ2n) is 5.31. The van der Waals surface area contributed by atoms with E-state index in [4.69, 9.17) is 4.42 Å². The van der Waals surface area contributed by atoms with Crippen molar-refractivity contribution >= 4 is 5.91 Å². The van der Waals surface area contributed by atoms with Crippen LogP contribution in [0.4, 0.5) is 0 Å². The Morgan fingerprint density at radius 3 is 2.86 bits per heavy atom. The number of nitrogens with zero attached hydrogens (tertiary/aromatic N) is 1. The molecule has 1 aromatic carbocycles. The molecule has 0 radical (unpaired) electrons. The summed E-state index contributed by atoms with van der Waals surface area (Å²) in [5.74, 6) is 1.99. The molecule has 1 amide bonds. The van der Waals surface area contributed by atoms with Crippen molar-refractivity contribution in [3.05, 3.63) is 42.4 Å². The minimum atomic E-state index is 0.0568. The summed E-state index contributed by atoms with van der Waals surface area (Å²) in [6.45, 7) is 2.76. The molecule has 21 heavy (non-hydrogen) atoms. The van der Waals surface area contributed by atoms with Crippen molar-refractivity contribution in [3.8, 4) is 11.3 Å². The van der Waals surface area contributed by atoms with Crippen LogP contribution in [0.25, 0.3) is 11.3 Å². The van der Waals surface area contributed by atoms with E-state index in [0.29, 0.717) is 24.7 Å². The average molecular weight is 285 g/mol. The third-order valence-electron chi connectivity index (χ3n) is 3.63. The first-order valence-corrected chi connectivity index (χ1v) is 7.29. The second-order valence-corrected chi connectivity index (χ2v) is 5.31. The predicted molar refractivity (Wildman–Crippen MR) is 79.6 cm³/mol. The Bertz CT molecular complexity index is 591. The zero-order chi connectivity index (χ0) is 14.5. The fraction of sp³-hybridized carbons (Fsp3) is 0.375. The molecule has 1 fully saturated rings. The van der Waals surface area contributed by atoms with E-state index < -0.39 is 0 Å². The van der Waals surface area contributed by atoms with Crippen molar-refractivity contribution in [2.24, 2.45) is 5.92 Å². The zero-order valence-corrected chi connectivity index (χ0v) is 11.8. The molecule has 1 aliphatic rings. The van der Waals surface area contributed by atoms with Gasteiger partial charge in [0.1, 0.15) is 0 Å². The highest BCUT2D eigenvalue weighted by Gasteiger charge is 2.17. The van der Waals surface area contributed by atoms with Crippen LogP contribution in [0, 0.1) is 5.92 Å². The molecular formula is C16H19N3O2. The van der Waals surface area contributed by atoms with Crippen molar-refractivity contribution in [2.75, 3.05) is 19.6 Å². The minimum absolute atomic E-state index is 0.0568. The highest BCUT2D eigenvalue weighted by Crippen LogP contribution is 2.20. The maximum Gasteiger partial charge on any atom is 0.220 e. The van der Waals surface area contributed by atoms with Crippen LogP contribution in [0.3, 0.4) is 0 Å². The lowest BCUT2D eigenvalue weighted by atomic mass is 10.0. The van der Waals surface area contributed by atoms with Crippen LogP contribution in [0.5, 0.6) is 0 Å². The van der Waals surface area contributed by atoms with Gasteiger partial charge in [-0.05, 0) is 0 Å². The van der Waals surface area contributed by atoms with Crippen molar-refractivity contribution < 1.29 is 9.21 Å². The van der Waals surface area contributed by atoms with Gasteiger partial charge in [-0.1, -0.05) is 30.3 Å². The molecule has 0 unspecified atom stereocenters. The van der Waals surface area contributed by atoms with Crippen LogP contribution in [-0.2, 0) is 11.2 Å². The number of hydrogen-bond acceptors (Lipinski definition) is 4. The summed E-state index contributed by atoms with van der Waals surface area (Å²) in [4.78, 5) is 16.0. The number of nitrogens with one attached hydrogen (secondary N) is 2. The van der Waals surface area contributed by atoms with E-state index in [9.17, 15) is 4.79 Å². The Kier molecular flexibility index (Phi) is 4.31. The lowest BCUT2D eigenvalue weighted by Gasteiger charge is -2.27. The van der Waals surface area contributed by atoms with Gasteiger partial charge in [-0.2, -0.15) is 0 Å². The van der Waals surface area contributed by atoms with Crippen molar-refractivity contribution in [1.82, 2.24) is 15.6 Å². The number of carbonyl (C=O) groups is 1. The smallest absolute Gasteiger partial charge is 0.220 e. The van der Waals surface area contributed by atoms with Gasteiger partial charge in [0, 0.05) is 44.0 Å². The number of amides is 1. The molecular weight excluding hydrogens is 266 g/mol. The van der Waals surface area contributed by atoms with Crippen molar-refractivity contribution in [1.29, 1.82) is 0 Å². The highest BCUT2D eigenvalue weighted by atomic mass is 16.4. The number of aromatic nitrogens is 1. The zero-order valence-electron chi connectivity index (χ0n) is 11.8. The average Bonchev–Trinajstić information content (AvgIpc) is 2.93. The molecule has 0 spiro atoms. The molecule has 0 saturated carbocycles. The summed E-state index contributed by atoms with van der Waals surface area (Å²) < 4.78 is 5.68. The van der Waals surface area contributed by atoms with Gasteiger partial charge in [-0.15, -0.1) is 0 Å². The molecule has 1 aliphatic heterocycles. The summed E-state index contributed by atoms with van der Waals surface area (Å²) in [5.41, 5.74) is 0.998. The first-order chi connectivity index (χ1) is 10.3. The summed E-state index contributed by atoms with van der Waals surface area (Å²) >= 11 is 0. The van der Waals surface area contributed by atoms with Crippen LogP contribution >= 0.6 is 0 Å². The lowest BCUT2D eigenvalue weighted by molar-refractivity contribution is -0.121. The highest BCUT2D eigenvalue weighted by molar-refractivity contribution is 5.76. The minimum Gasteiger partial charge on any atom is -0.441 e. The Morgan fingerprint density at radius 1 is 1.33 bits per heavy atom. The van der Waals surface area contributed by atoms with Crippen LogP contribution in [-0.4, -0.2) is 30.5 Å². The molecule has 110 valence electrons. The third kappa shape index (κ3) is 3.70. The molecule has 5 nitrogen and oxygen atoms in total. The Hall–Kier alpha value is -2.14. The van der Waals surface area contributed by atoms with E-state index in [0.717, 1.165) is 31.0 Å². The Balaban J connectivity index is 1.47. The summed E-state index contributed by atoms with van der Waals surface area (Å²) in [5, 5.41) is 6.13. The summed E-state index contributed by atoms with van der Waals surface area (Å²) in [6, 6.07) is 9.83. The molecule has 1 saturated heterocycles. The first kappa shape index (κ1) is 13.8. The fourth-order valence-electron chi connectivity index (χ4n) is 2.22. The van der Waals surface area contributed by atoms with Gasteiger partial charge < -0.3 is 15.1 Å². The summed E-state index contributed by atoms with van der Waals surface area (Å²) in [7, 11) is 0. The molecule has 5 heteroatoms. The van der Waals surface area contributed by atoms with Gasteiger partial charge in [0.15, 0.2) is 11.7 Å². The van der Waals surface area contributed by atoms with Crippen LogP contribution in [0.1, 0.15) is 12.3 Å². The van der Waals surface area contributed by atoms with Gasteiger partial charge in [0.25, 0.3) is 0 Å². The van der Waals surface area contributed by atoms with Crippen LogP contribution in [0.15, 0.2) is 40.9 Å². The van der Waals surface area contributed by atoms with E-state index in [1.165, 1.54) is 0 Å². The molecule has 0 aliphatic carbocycles. The fourth-order valence-corrected chi connectivity index (χ4v) is 2.22. The van der Waals surface area contributed by atoms with Gasteiger partial charge in [-0.25, -0.2) is 4.98 Å². The van der Waals surface area contributed by atoms with Gasteiger partial charge in [0.2, 0.25) is 5.91 Å². The molecule has 2 aromatic rings. The first-order valence-electron chi connectivity index (χ1n) is 7.29. The second kappa shape index (κ2) is 6.54. The SMILES string of the molecule is O=C(CCc1ncc(-c2ccccc2)o1)NCC1CNC1. The van der Waals surface area contributed by atoms with E-state index >= 15 is 0 Å². The maximum absolute atomic E-state index is 11.7. The number of carbonyl (C=O) groups excluding carboxylic acids is 1. The maximum atomic E-state index is 11.7. The normalized spacial score (nSPS) is 14.7. The predicted octanol–water partition coefficient (Wildman–Crippen LogP) is 1.61. The van der Waals surface area contributed by atoms with Crippen LogP contribution < -0.4 is 10.6 Å². The Morgan fingerprint density at radius 2 is 2.14 bits per heavy atom. The van der Waals surface area contributed by atoms with Crippen molar-refractivity contribution in [2.45, 2.75) is 12.8 Å². The molecule has 3 rings (SSSR count). The van der Waals surface area contributed by atoms with Gasteiger partial charge in [-0.3, -0.25) is 4.79 Å². The quantitative estimate of drug-likeness (QED) is 0.846. The van der Waals surface area contributed by atoms with E-state index in [1.807, 2.05) is 30.3 Å². The van der Waals surface area contributed by atoms with Crippen LogP contribution in [0.2, 0.25) is 0 Å². The molecule has 2 N–H and O–H groups in total. The standard InChI is InChI=1S/C16H19N3O2/c20-15(18-10-12-8-17-9-12)6-7-16-19-11-14(21-16)13-4-2-1-3-5-13/h1-5,11-12,17H,6-10H2,(H,18,20). The number of hydrogen-bond donors (Lipinski definition) is 2. The number of benzene rings is 1. The van der Waals surface area contributed by atoms with Crippen molar-refractivity contribution in [3.63, 3.8) is 0 Å². The molecule has 0 bridgehead atoms.